The lowest BCUT2D eigenvalue weighted by molar-refractivity contribution is 0.288. The van der Waals surface area contributed by atoms with E-state index in [9.17, 15) is 0 Å². The summed E-state index contributed by atoms with van der Waals surface area (Å²) in [6, 6.07) is 15.6. The molecule has 0 saturated heterocycles. The largest absolute Gasteiger partial charge is 0.490 e. The highest BCUT2D eigenvalue weighted by Crippen LogP contribution is 2.32. The molecule has 0 aliphatic heterocycles. The van der Waals surface area contributed by atoms with Crippen LogP contribution in [0.2, 0.25) is 0 Å². The Morgan fingerprint density at radius 1 is 1.00 bits per heavy atom. The molecular weight excluding hydrogens is 328 g/mol. The molecule has 3 N–H and O–H groups in total. The highest BCUT2D eigenvalue weighted by molar-refractivity contribution is 5.61. The summed E-state index contributed by atoms with van der Waals surface area (Å²) in [7, 11) is 0. The number of aromatic nitrogens is 3. The quantitative estimate of drug-likeness (QED) is 0.648. The number of benzene rings is 2. The minimum Gasteiger partial charge on any atom is -0.490 e. The molecule has 136 valence electrons. The zero-order chi connectivity index (χ0) is 18.4. The third-order valence-corrected chi connectivity index (χ3v) is 3.95. The number of aromatic amines is 1. The van der Waals surface area contributed by atoms with Crippen LogP contribution >= 0.6 is 0 Å². The van der Waals surface area contributed by atoms with Crippen LogP contribution in [0.4, 0.5) is 0 Å². The van der Waals surface area contributed by atoms with Gasteiger partial charge in [0.2, 0.25) is 0 Å². The molecular formula is C20H24N4O2. The Kier molecular flexibility index (Phi) is 5.86. The molecule has 0 unspecified atom stereocenters. The van der Waals surface area contributed by atoms with Crippen molar-refractivity contribution in [3.8, 4) is 22.9 Å². The Hall–Kier alpha value is -2.86. The fraction of sp³-hybridized carbons (Fsp3) is 0.300. The molecule has 2 aromatic carbocycles. The number of nitrogens with two attached hydrogens (primary N) is 1. The molecule has 0 saturated carbocycles. The van der Waals surface area contributed by atoms with E-state index in [0.29, 0.717) is 37.0 Å². The molecule has 0 radical (unpaired) electrons. The number of H-pyrrole nitrogens is 1. The Morgan fingerprint density at radius 2 is 1.73 bits per heavy atom. The first kappa shape index (κ1) is 17.9. The van der Waals surface area contributed by atoms with Crippen LogP contribution in [0.3, 0.4) is 0 Å². The monoisotopic (exact) mass is 352 g/mol. The minimum absolute atomic E-state index is 0.243. The highest BCUT2D eigenvalue weighted by atomic mass is 16.5. The zero-order valence-electron chi connectivity index (χ0n) is 15.1. The third kappa shape index (κ3) is 4.21. The first-order valence-electron chi connectivity index (χ1n) is 8.83. The van der Waals surface area contributed by atoms with Crippen LogP contribution in [0.1, 0.15) is 31.3 Å². The molecule has 0 aliphatic carbocycles. The van der Waals surface area contributed by atoms with Gasteiger partial charge in [0.1, 0.15) is 5.82 Å². The van der Waals surface area contributed by atoms with Crippen LogP contribution in [0.15, 0.2) is 48.5 Å². The number of nitrogens with zero attached hydrogens (tertiary/aromatic N) is 2. The topological polar surface area (TPSA) is 86.0 Å². The number of hydrogen-bond acceptors (Lipinski definition) is 5. The summed E-state index contributed by atoms with van der Waals surface area (Å²) in [6.45, 7) is 5.03. The SMILES string of the molecule is CCOc1ccc(-c2n[nH]c([C@H](N)Cc3ccccc3)n2)cc1OCC. The molecule has 26 heavy (non-hydrogen) atoms. The average molecular weight is 352 g/mol. The van der Waals surface area contributed by atoms with Crippen molar-refractivity contribution in [1.29, 1.82) is 0 Å². The molecule has 0 amide bonds. The maximum Gasteiger partial charge on any atom is 0.181 e. The van der Waals surface area contributed by atoms with Crippen LogP contribution in [-0.4, -0.2) is 28.4 Å². The van der Waals surface area contributed by atoms with E-state index < -0.39 is 0 Å². The summed E-state index contributed by atoms with van der Waals surface area (Å²) in [4.78, 5) is 4.57. The van der Waals surface area contributed by atoms with Gasteiger partial charge in [0, 0.05) is 5.56 Å². The van der Waals surface area contributed by atoms with Crippen molar-refractivity contribution in [2.45, 2.75) is 26.3 Å². The van der Waals surface area contributed by atoms with Crippen LogP contribution in [-0.2, 0) is 6.42 Å². The second-order valence-electron chi connectivity index (χ2n) is 5.87. The standard InChI is InChI=1S/C20H24N4O2/c1-3-25-17-11-10-15(13-18(17)26-4-2)19-22-20(24-23-19)16(21)12-14-8-6-5-7-9-14/h5-11,13,16H,3-4,12,21H2,1-2H3,(H,22,23,24)/t16-/m1/s1. The van der Waals surface area contributed by atoms with Gasteiger partial charge in [0.05, 0.1) is 19.3 Å². The van der Waals surface area contributed by atoms with Crippen LogP contribution in [0.25, 0.3) is 11.4 Å². The normalized spacial score (nSPS) is 12.0. The molecule has 1 aromatic heterocycles. The van der Waals surface area contributed by atoms with Gasteiger partial charge in [-0.05, 0) is 44.0 Å². The van der Waals surface area contributed by atoms with Crippen molar-refractivity contribution >= 4 is 0 Å². The van der Waals surface area contributed by atoms with Crippen molar-refractivity contribution in [3.63, 3.8) is 0 Å². The van der Waals surface area contributed by atoms with E-state index in [0.717, 1.165) is 16.9 Å². The van der Waals surface area contributed by atoms with Crippen molar-refractivity contribution in [2.75, 3.05) is 13.2 Å². The van der Waals surface area contributed by atoms with Gasteiger partial charge in [-0.3, -0.25) is 5.10 Å². The summed E-state index contributed by atoms with van der Waals surface area (Å²) in [5.74, 6) is 2.66. The van der Waals surface area contributed by atoms with Gasteiger partial charge in [0.15, 0.2) is 17.3 Å². The van der Waals surface area contributed by atoms with Crippen LogP contribution in [0, 0.1) is 0 Å². The lowest BCUT2D eigenvalue weighted by atomic mass is 10.1. The molecule has 3 rings (SSSR count). The van der Waals surface area contributed by atoms with Gasteiger partial charge in [-0.1, -0.05) is 30.3 Å². The van der Waals surface area contributed by atoms with Gasteiger partial charge >= 0.3 is 0 Å². The van der Waals surface area contributed by atoms with Gasteiger partial charge in [-0.2, -0.15) is 5.10 Å². The minimum atomic E-state index is -0.243. The molecule has 3 aromatic rings. The predicted octanol–water partition coefficient (Wildman–Crippen LogP) is 3.51. The Bertz CT molecular complexity index is 833. The molecule has 6 heteroatoms. The van der Waals surface area contributed by atoms with Crippen molar-refractivity contribution < 1.29 is 9.47 Å². The lowest BCUT2D eigenvalue weighted by Gasteiger charge is -2.11. The maximum absolute atomic E-state index is 6.28. The van der Waals surface area contributed by atoms with Crippen LogP contribution in [0.5, 0.6) is 11.5 Å². The summed E-state index contributed by atoms with van der Waals surface area (Å²) in [5.41, 5.74) is 8.30. The summed E-state index contributed by atoms with van der Waals surface area (Å²) in [5, 5.41) is 7.27. The van der Waals surface area contributed by atoms with Gasteiger partial charge in [-0.25, -0.2) is 4.98 Å². The van der Waals surface area contributed by atoms with Gasteiger partial charge < -0.3 is 15.2 Å². The van der Waals surface area contributed by atoms with E-state index in [1.165, 1.54) is 0 Å². The highest BCUT2D eigenvalue weighted by Gasteiger charge is 2.15. The fourth-order valence-corrected chi connectivity index (χ4v) is 2.72. The smallest absolute Gasteiger partial charge is 0.181 e. The molecule has 6 nitrogen and oxygen atoms in total. The summed E-state index contributed by atoms with van der Waals surface area (Å²) in [6.07, 6.45) is 0.697. The zero-order valence-corrected chi connectivity index (χ0v) is 15.1. The first-order chi connectivity index (χ1) is 12.7. The summed E-state index contributed by atoms with van der Waals surface area (Å²) >= 11 is 0. The fourth-order valence-electron chi connectivity index (χ4n) is 2.72. The molecule has 1 atom stereocenters. The third-order valence-electron chi connectivity index (χ3n) is 3.95. The molecule has 0 spiro atoms. The lowest BCUT2D eigenvalue weighted by Crippen LogP contribution is -2.15. The summed E-state index contributed by atoms with van der Waals surface area (Å²) < 4.78 is 11.3. The molecule has 0 fully saturated rings. The Labute approximate surface area is 153 Å². The predicted molar refractivity (Wildman–Crippen MR) is 101 cm³/mol. The van der Waals surface area contributed by atoms with Crippen LogP contribution < -0.4 is 15.2 Å². The molecule has 0 bridgehead atoms. The average Bonchev–Trinajstić information content (AvgIpc) is 3.15. The van der Waals surface area contributed by atoms with Gasteiger partial charge in [-0.15, -0.1) is 0 Å². The van der Waals surface area contributed by atoms with E-state index in [1.54, 1.807) is 0 Å². The number of hydrogen-bond donors (Lipinski definition) is 2. The van der Waals surface area contributed by atoms with E-state index >= 15 is 0 Å². The second kappa shape index (κ2) is 8.49. The van der Waals surface area contributed by atoms with E-state index in [-0.39, 0.29) is 6.04 Å². The number of ether oxygens (including phenoxy) is 2. The van der Waals surface area contributed by atoms with E-state index in [4.69, 9.17) is 15.2 Å². The van der Waals surface area contributed by atoms with Crippen molar-refractivity contribution in [2.24, 2.45) is 5.73 Å². The first-order valence-corrected chi connectivity index (χ1v) is 8.83. The maximum atomic E-state index is 6.28. The Balaban J connectivity index is 1.79. The molecule has 0 aliphatic rings. The van der Waals surface area contributed by atoms with Gasteiger partial charge in [0.25, 0.3) is 0 Å². The van der Waals surface area contributed by atoms with E-state index in [2.05, 4.69) is 27.3 Å². The van der Waals surface area contributed by atoms with Crippen molar-refractivity contribution in [3.05, 3.63) is 59.9 Å². The van der Waals surface area contributed by atoms with E-state index in [1.807, 2.05) is 50.2 Å². The Morgan fingerprint density at radius 3 is 2.46 bits per heavy atom. The second-order valence-corrected chi connectivity index (χ2v) is 5.87. The number of nitrogens with one attached hydrogen (secondary N) is 1. The molecule has 1 heterocycles. The number of rotatable bonds is 8. The van der Waals surface area contributed by atoms with Crippen molar-refractivity contribution in [1.82, 2.24) is 15.2 Å².